The molecule has 20 heavy (non-hydrogen) atoms. The summed E-state index contributed by atoms with van der Waals surface area (Å²) in [6.45, 7) is 7.07. The van der Waals surface area contributed by atoms with E-state index in [2.05, 4.69) is 47.2 Å². The summed E-state index contributed by atoms with van der Waals surface area (Å²) in [6, 6.07) is 7.44. The van der Waals surface area contributed by atoms with Crippen LogP contribution < -0.4 is 5.32 Å². The van der Waals surface area contributed by atoms with Crippen LogP contribution in [-0.2, 0) is 0 Å². The van der Waals surface area contributed by atoms with Crippen molar-refractivity contribution in [2.24, 2.45) is 0 Å². The van der Waals surface area contributed by atoms with Crippen molar-refractivity contribution in [1.29, 1.82) is 0 Å². The summed E-state index contributed by atoms with van der Waals surface area (Å²) in [5.41, 5.74) is 1.94. The first-order valence-electron chi connectivity index (χ1n) is 6.77. The van der Waals surface area contributed by atoms with E-state index in [-0.39, 0.29) is 11.9 Å². The second kappa shape index (κ2) is 6.83. The van der Waals surface area contributed by atoms with Crippen molar-refractivity contribution in [3.8, 4) is 0 Å². The van der Waals surface area contributed by atoms with Gasteiger partial charge in [0.05, 0.1) is 6.04 Å². The second-order valence-corrected chi connectivity index (χ2v) is 7.14. The Balaban J connectivity index is 2.40. The zero-order chi connectivity index (χ0) is 14.7. The molecule has 4 heteroatoms. The van der Waals surface area contributed by atoms with Gasteiger partial charge in [0.15, 0.2) is 0 Å². The number of thiophene rings is 1. The van der Waals surface area contributed by atoms with Crippen LogP contribution in [0.1, 0.15) is 40.3 Å². The Bertz CT molecular complexity index is 554. The maximum Gasteiger partial charge on any atom is 0.123 e. The Kier molecular flexibility index (Phi) is 5.35. The van der Waals surface area contributed by atoms with Gasteiger partial charge in [-0.3, -0.25) is 0 Å². The van der Waals surface area contributed by atoms with Crippen molar-refractivity contribution < 1.29 is 4.39 Å². The predicted molar refractivity (Wildman–Crippen MR) is 88.0 cm³/mol. The first-order chi connectivity index (χ1) is 9.51. The molecule has 0 aliphatic rings. The molecule has 1 N–H and O–H groups in total. The highest BCUT2D eigenvalue weighted by atomic mass is 79.9. The summed E-state index contributed by atoms with van der Waals surface area (Å²) in [5.74, 6) is -0.171. The molecular weight excluding hydrogens is 337 g/mol. The van der Waals surface area contributed by atoms with E-state index in [1.807, 2.05) is 6.92 Å². The van der Waals surface area contributed by atoms with Gasteiger partial charge in [-0.05, 0) is 72.1 Å². The summed E-state index contributed by atoms with van der Waals surface area (Å²) >= 11 is 5.31. The lowest BCUT2D eigenvalue weighted by Gasteiger charge is -2.18. The van der Waals surface area contributed by atoms with Crippen LogP contribution >= 0.6 is 27.3 Å². The largest absolute Gasteiger partial charge is 0.306 e. The summed E-state index contributed by atoms with van der Waals surface area (Å²) < 4.78 is 14.8. The number of nitrogens with one attached hydrogen (secondary N) is 1. The minimum Gasteiger partial charge on any atom is -0.306 e. The first kappa shape index (κ1) is 15.7. The van der Waals surface area contributed by atoms with Crippen LogP contribution in [0.3, 0.4) is 0 Å². The Hall–Kier alpha value is -0.710. The third-order valence-electron chi connectivity index (χ3n) is 3.16. The van der Waals surface area contributed by atoms with Crippen molar-refractivity contribution in [2.45, 2.75) is 33.2 Å². The molecule has 0 spiro atoms. The van der Waals surface area contributed by atoms with E-state index >= 15 is 0 Å². The van der Waals surface area contributed by atoms with E-state index < -0.39 is 0 Å². The fraction of sp³-hybridized carbons (Fsp3) is 0.375. The fourth-order valence-electron chi connectivity index (χ4n) is 2.23. The number of hydrogen-bond donors (Lipinski definition) is 1. The van der Waals surface area contributed by atoms with Crippen molar-refractivity contribution in [2.75, 3.05) is 6.54 Å². The Morgan fingerprint density at radius 1 is 1.25 bits per heavy atom. The smallest absolute Gasteiger partial charge is 0.123 e. The predicted octanol–water partition coefficient (Wildman–Crippen LogP) is 5.36. The average molecular weight is 356 g/mol. The molecule has 0 aliphatic carbocycles. The molecule has 1 aromatic heterocycles. The van der Waals surface area contributed by atoms with Crippen LogP contribution in [-0.4, -0.2) is 6.54 Å². The first-order valence-corrected chi connectivity index (χ1v) is 8.38. The summed E-state index contributed by atoms with van der Waals surface area (Å²) in [6.07, 6.45) is 1.05. The van der Waals surface area contributed by atoms with Gasteiger partial charge in [-0.25, -0.2) is 4.39 Å². The van der Waals surface area contributed by atoms with Gasteiger partial charge >= 0.3 is 0 Å². The van der Waals surface area contributed by atoms with Gasteiger partial charge in [-0.2, -0.15) is 0 Å². The molecule has 1 aromatic carbocycles. The Labute approximate surface area is 132 Å². The van der Waals surface area contributed by atoms with Gasteiger partial charge in [0.1, 0.15) is 5.82 Å². The van der Waals surface area contributed by atoms with E-state index in [0.29, 0.717) is 0 Å². The number of benzene rings is 1. The monoisotopic (exact) mass is 355 g/mol. The highest BCUT2D eigenvalue weighted by molar-refractivity contribution is 9.10. The maximum atomic E-state index is 13.7. The molecule has 0 bridgehead atoms. The van der Waals surface area contributed by atoms with Gasteiger partial charge in [-0.15, -0.1) is 11.3 Å². The molecule has 0 amide bonds. The topological polar surface area (TPSA) is 12.0 Å². The molecule has 0 fully saturated rings. The van der Waals surface area contributed by atoms with E-state index in [1.165, 1.54) is 9.75 Å². The number of aryl methyl sites for hydroxylation is 2. The summed E-state index contributed by atoms with van der Waals surface area (Å²) in [7, 11) is 0. The van der Waals surface area contributed by atoms with Crippen LogP contribution in [0.15, 0.2) is 28.7 Å². The minimum absolute atomic E-state index is 0.0550. The molecule has 0 saturated carbocycles. The lowest BCUT2D eigenvalue weighted by Crippen LogP contribution is -2.22. The van der Waals surface area contributed by atoms with Crippen molar-refractivity contribution >= 4 is 27.3 Å². The average Bonchev–Trinajstić information content (AvgIpc) is 2.69. The second-order valence-electron chi connectivity index (χ2n) is 5.00. The van der Waals surface area contributed by atoms with Crippen molar-refractivity contribution in [1.82, 2.24) is 5.32 Å². The zero-order valence-electron chi connectivity index (χ0n) is 12.0. The Morgan fingerprint density at radius 2 is 2.00 bits per heavy atom. The van der Waals surface area contributed by atoms with E-state index in [1.54, 1.807) is 23.5 Å². The van der Waals surface area contributed by atoms with Crippen LogP contribution in [0.4, 0.5) is 4.39 Å². The van der Waals surface area contributed by atoms with Gasteiger partial charge in [0, 0.05) is 14.2 Å². The summed E-state index contributed by atoms with van der Waals surface area (Å²) in [5, 5.41) is 3.52. The Morgan fingerprint density at radius 3 is 2.55 bits per heavy atom. The minimum atomic E-state index is -0.171. The van der Waals surface area contributed by atoms with Crippen LogP contribution in [0.5, 0.6) is 0 Å². The highest BCUT2D eigenvalue weighted by Gasteiger charge is 2.17. The number of halogens is 2. The van der Waals surface area contributed by atoms with Crippen molar-refractivity contribution in [3.63, 3.8) is 0 Å². The number of hydrogen-bond acceptors (Lipinski definition) is 2. The van der Waals surface area contributed by atoms with Gasteiger partial charge in [-0.1, -0.05) is 13.0 Å². The third-order valence-corrected chi connectivity index (χ3v) is 5.36. The molecule has 0 radical (unpaired) electrons. The molecule has 1 unspecified atom stereocenters. The molecule has 0 aliphatic heterocycles. The standard InChI is InChI=1S/C16H19BrFNS/c1-4-5-19-16(15-9-14(17)11(3)20-15)12-6-10(2)7-13(18)8-12/h6-9,16,19H,4-5H2,1-3H3. The highest BCUT2D eigenvalue weighted by Crippen LogP contribution is 2.34. The van der Waals surface area contributed by atoms with Crippen molar-refractivity contribution in [3.05, 3.63) is 55.4 Å². The van der Waals surface area contributed by atoms with Crippen LogP contribution in [0, 0.1) is 19.7 Å². The molecule has 0 saturated heterocycles. The molecule has 2 aromatic rings. The lowest BCUT2D eigenvalue weighted by molar-refractivity contribution is 0.590. The van der Waals surface area contributed by atoms with E-state index in [0.717, 1.165) is 28.6 Å². The molecule has 1 heterocycles. The third kappa shape index (κ3) is 3.68. The maximum absolute atomic E-state index is 13.7. The molecule has 108 valence electrons. The molecule has 2 rings (SSSR count). The molecule has 1 nitrogen and oxygen atoms in total. The van der Waals surface area contributed by atoms with Crippen LogP contribution in [0.2, 0.25) is 0 Å². The molecular formula is C16H19BrFNS. The fourth-order valence-corrected chi connectivity index (χ4v) is 3.89. The SMILES string of the molecule is CCCNC(c1cc(C)cc(F)c1)c1cc(Br)c(C)s1. The van der Waals surface area contributed by atoms with Gasteiger partial charge in [0.25, 0.3) is 0 Å². The number of rotatable bonds is 5. The van der Waals surface area contributed by atoms with Crippen LogP contribution in [0.25, 0.3) is 0 Å². The van der Waals surface area contributed by atoms with Gasteiger partial charge in [0.2, 0.25) is 0 Å². The quantitative estimate of drug-likeness (QED) is 0.761. The summed E-state index contributed by atoms with van der Waals surface area (Å²) in [4.78, 5) is 2.46. The van der Waals surface area contributed by atoms with E-state index in [4.69, 9.17) is 0 Å². The van der Waals surface area contributed by atoms with E-state index in [9.17, 15) is 4.39 Å². The zero-order valence-corrected chi connectivity index (χ0v) is 14.4. The van der Waals surface area contributed by atoms with Gasteiger partial charge < -0.3 is 5.32 Å². The normalized spacial score (nSPS) is 12.7. The lowest BCUT2D eigenvalue weighted by atomic mass is 10.0. The molecule has 1 atom stereocenters.